The molecule has 0 aliphatic rings. The molecule has 1 aromatic carbocycles. The van der Waals surface area contributed by atoms with E-state index in [-0.39, 0.29) is 11.1 Å². The van der Waals surface area contributed by atoms with E-state index in [9.17, 15) is 9.18 Å². The SMILES string of the molecule is CNCCC#Cc1cc(C(=O)O)ccc1F. The van der Waals surface area contributed by atoms with Gasteiger partial charge < -0.3 is 10.4 Å². The minimum atomic E-state index is -1.08. The first kappa shape index (κ1) is 12.2. The fraction of sp³-hybridized carbons (Fsp3) is 0.250. The first-order valence-electron chi connectivity index (χ1n) is 4.81. The number of aromatic carboxylic acids is 1. The first-order chi connectivity index (χ1) is 7.65. The summed E-state index contributed by atoms with van der Waals surface area (Å²) in [4.78, 5) is 10.7. The molecule has 4 heteroatoms. The number of benzene rings is 1. The molecule has 0 saturated carbocycles. The van der Waals surface area contributed by atoms with E-state index in [1.807, 2.05) is 0 Å². The van der Waals surface area contributed by atoms with Crippen LogP contribution in [0.1, 0.15) is 22.3 Å². The second-order valence-corrected chi connectivity index (χ2v) is 3.16. The van der Waals surface area contributed by atoms with E-state index in [0.717, 1.165) is 6.07 Å². The van der Waals surface area contributed by atoms with Crippen molar-refractivity contribution in [3.8, 4) is 11.8 Å². The van der Waals surface area contributed by atoms with Crippen LogP contribution in [0.15, 0.2) is 18.2 Å². The molecule has 0 heterocycles. The van der Waals surface area contributed by atoms with Crippen LogP contribution >= 0.6 is 0 Å². The van der Waals surface area contributed by atoms with E-state index in [2.05, 4.69) is 17.2 Å². The number of carbonyl (C=O) groups is 1. The zero-order valence-corrected chi connectivity index (χ0v) is 8.88. The van der Waals surface area contributed by atoms with Gasteiger partial charge in [-0.2, -0.15) is 0 Å². The van der Waals surface area contributed by atoms with E-state index < -0.39 is 11.8 Å². The van der Waals surface area contributed by atoms with E-state index in [0.29, 0.717) is 13.0 Å². The van der Waals surface area contributed by atoms with Gasteiger partial charge >= 0.3 is 5.97 Å². The monoisotopic (exact) mass is 221 g/mol. The van der Waals surface area contributed by atoms with Gasteiger partial charge in [-0.25, -0.2) is 9.18 Å². The smallest absolute Gasteiger partial charge is 0.335 e. The number of carboxylic acid groups (broad SMARTS) is 1. The molecule has 0 fully saturated rings. The second-order valence-electron chi connectivity index (χ2n) is 3.16. The van der Waals surface area contributed by atoms with Crippen LogP contribution < -0.4 is 5.32 Å². The Hall–Kier alpha value is -1.86. The standard InChI is InChI=1S/C12H12FNO2/c1-14-7-3-2-4-9-8-10(12(15)16)5-6-11(9)13/h5-6,8,14H,3,7H2,1H3,(H,15,16). The molecular formula is C12H12FNO2. The van der Waals surface area contributed by atoms with Gasteiger partial charge in [-0.05, 0) is 25.2 Å². The Morgan fingerprint density at radius 3 is 2.94 bits per heavy atom. The molecular weight excluding hydrogens is 209 g/mol. The van der Waals surface area contributed by atoms with Crippen LogP contribution in [0.4, 0.5) is 4.39 Å². The number of rotatable bonds is 3. The molecule has 0 aliphatic heterocycles. The van der Waals surface area contributed by atoms with Gasteiger partial charge in [0, 0.05) is 13.0 Å². The van der Waals surface area contributed by atoms with E-state index in [1.165, 1.54) is 12.1 Å². The maximum absolute atomic E-state index is 13.2. The van der Waals surface area contributed by atoms with Crippen LogP contribution in [0.25, 0.3) is 0 Å². The van der Waals surface area contributed by atoms with Crippen LogP contribution in [0.2, 0.25) is 0 Å². The Kier molecular flexibility index (Phi) is 4.49. The normalized spacial score (nSPS) is 9.38. The summed E-state index contributed by atoms with van der Waals surface area (Å²) >= 11 is 0. The third-order valence-corrected chi connectivity index (χ3v) is 1.94. The number of halogens is 1. The Bertz CT molecular complexity index is 446. The lowest BCUT2D eigenvalue weighted by atomic mass is 10.1. The summed E-state index contributed by atoms with van der Waals surface area (Å²) in [6.45, 7) is 0.716. The van der Waals surface area contributed by atoms with E-state index in [1.54, 1.807) is 7.05 Å². The maximum atomic E-state index is 13.2. The van der Waals surface area contributed by atoms with Crippen molar-refractivity contribution in [3.63, 3.8) is 0 Å². The highest BCUT2D eigenvalue weighted by atomic mass is 19.1. The van der Waals surface area contributed by atoms with Crippen molar-refractivity contribution in [2.75, 3.05) is 13.6 Å². The number of nitrogens with one attached hydrogen (secondary N) is 1. The predicted octanol–water partition coefficient (Wildman–Crippen LogP) is 1.48. The molecule has 16 heavy (non-hydrogen) atoms. The average molecular weight is 221 g/mol. The number of carboxylic acids is 1. The largest absolute Gasteiger partial charge is 0.478 e. The fourth-order valence-electron chi connectivity index (χ4n) is 1.10. The van der Waals surface area contributed by atoms with Crippen molar-refractivity contribution in [2.24, 2.45) is 0 Å². The van der Waals surface area contributed by atoms with Crippen molar-refractivity contribution in [1.29, 1.82) is 0 Å². The number of hydrogen-bond donors (Lipinski definition) is 2. The van der Waals surface area contributed by atoms with Gasteiger partial charge in [0.05, 0.1) is 11.1 Å². The van der Waals surface area contributed by atoms with Crippen LogP contribution in [0.5, 0.6) is 0 Å². The van der Waals surface area contributed by atoms with Crippen LogP contribution in [0, 0.1) is 17.7 Å². The summed E-state index contributed by atoms with van der Waals surface area (Å²) in [5.41, 5.74) is 0.162. The minimum Gasteiger partial charge on any atom is -0.478 e. The highest BCUT2D eigenvalue weighted by molar-refractivity contribution is 5.88. The maximum Gasteiger partial charge on any atom is 0.335 e. The van der Waals surface area contributed by atoms with Gasteiger partial charge in [0.2, 0.25) is 0 Å². The summed E-state index contributed by atoms with van der Waals surface area (Å²) in [5.74, 6) is 3.80. The molecule has 1 rings (SSSR count). The van der Waals surface area contributed by atoms with E-state index in [4.69, 9.17) is 5.11 Å². The summed E-state index contributed by atoms with van der Waals surface area (Å²) in [6, 6.07) is 3.58. The molecule has 0 radical (unpaired) electrons. The zero-order chi connectivity index (χ0) is 12.0. The predicted molar refractivity (Wildman–Crippen MR) is 58.8 cm³/mol. The molecule has 2 N–H and O–H groups in total. The van der Waals surface area contributed by atoms with E-state index >= 15 is 0 Å². The third-order valence-electron chi connectivity index (χ3n) is 1.94. The molecule has 1 aromatic rings. The zero-order valence-electron chi connectivity index (χ0n) is 8.88. The van der Waals surface area contributed by atoms with Gasteiger partial charge in [-0.1, -0.05) is 11.8 Å². The van der Waals surface area contributed by atoms with Crippen LogP contribution in [-0.4, -0.2) is 24.7 Å². The Morgan fingerprint density at radius 1 is 1.56 bits per heavy atom. The van der Waals surface area contributed by atoms with Gasteiger partial charge in [0.1, 0.15) is 5.82 Å². The van der Waals surface area contributed by atoms with Gasteiger partial charge in [-0.3, -0.25) is 0 Å². The van der Waals surface area contributed by atoms with Crippen molar-refractivity contribution in [1.82, 2.24) is 5.32 Å². The first-order valence-corrected chi connectivity index (χ1v) is 4.81. The lowest BCUT2D eigenvalue weighted by Crippen LogP contribution is -2.06. The fourth-order valence-corrected chi connectivity index (χ4v) is 1.10. The molecule has 0 aliphatic carbocycles. The molecule has 84 valence electrons. The second kappa shape index (κ2) is 5.89. The summed E-state index contributed by atoms with van der Waals surface area (Å²) in [7, 11) is 1.80. The Morgan fingerprint density at radius 2 is 2.31 bits per heavy atom. The highest BCUT2D eigenvalue weighted by Crippen LogP contribution is 2.09. The summed E-state index contributed by atoms with van der Waals surface area (Å²) < 4.78 is 13.2. The van der Waals surface area contributed by atoms with Crippen LogP contribution in [0.3, 0.4) is 0 Å². The molecule has 0 unspecified atom stereocenters. The highest BCUT2D eigenvalue weighted by Gasteiger charge is 2.06. The van der Waals surface area contributed by atoms with Crippen molar-refractivity contribution in [2.45, 2.75) is 6.42 Å². The summed E-state index contributed by atoms with van der Waals surface area (Å²) in [6.07, 6.45) is 0.591. The molecule has 0 atom stereocenters. The van der Waals surface area contributed by atoms with Crippen molar-refractivity contribution >= 4 is 5.97 Å². The lowest BCUT2D eigenvalue weighted by Gasteiger charge is -1.97. The third kappa shape index (κ3) is 3.37. The molecule has 0 aromatic heterocycles. The van der Waals surface area contributed by atoms with Crippen LogP contribution in [-0.2, 0) is 0 Å². The molecule has 0 spiro atoms. The average Bonchev–Trinajstić information content (AvgIpc) is 2.26. The van der Waals surface area contributed by atoms with Crippen molar-refractivity contribution in [3.05, 3.63) is 35.1 Å². The minimum absolute atomic E-state index is 0.0410. The lowest BCUT2D eigenvalue weighted by molar-refractivity contribution is 0.0697. The Labute approximate surface area is 93.3 Å². The van der Waals surface area contributed by atoms with Gasteiger partial charge in [0.15, 0.2) is 0 Å². The molecule has 0 bridgehead atoms. The number of hydrogen-bond acceptors (Lipinski definition) is 2. The topological polar surface area (TPSA) is 49.3 Å². The van der Waals surface area contributed by atoms with Gasteiger partial charge in [-0.15, -0.1) is 0 Å². The molecule has 0 saturated heterocycles. The van der Waals surface area contributed by atoms with Crippen molar-refractivity contribution < 1.29 is 14.3 Å². The van der Waals surface area contributed by atoms with Gasteiger partial charge in [0.25, 0.3) is 0 Å². The molecule has 3 nitrogen and oxygen atoms in total. The molecule has 0 amide bonds. The Balaban J connectivity index is 2.88. The quantitative estimate of drug-likeness (QED) is 0.600. The summed E-state index contributed by atoms with van der Waals surface area (Å²) in [5, 5.41) is 11.6.